The number of rotatable bonds is 20. The largest absolute Gasteiger partial charge is 0.463 e. The van der Waals surface area contributed by atoms with Crippen LogP contribution >= 0.6 is 0 Å². The SMILES string of the molecule is CC(=O)OC[C@H]1O[C@H](n2cc([C@H]3O[C@H](COCc4ccccc4)[C@@H](OCc4ccccc4)[C@H](OCc4ccccc4)[C@@H]3OCc3ccccc3)nn2)[C@@H](OC(C)=O)[C@@H](OC(C)=O)[C@@H]1OC(C)=O. The second kappa shape index (κ2) is 23.9. The Morgan fingerprint density at radius 2 is 0.940 bits per heavy atom. The number of aromatic nitrogens is 3. The van der Waals surface area contributed by atoms with Gasteiger partial charge in [-0.05, 0) is 22.3 Å². The Morgan fingerprint density at radius 1 is 0.493 bits per heavy atom. The van der Waals surface area contributed by atoms with E-state index in [0.29, 0.717) is 6.61 Å². The van der Waals surface area contributed by atoms with E-state index in [1.807, 2.05) is 121 Å². The highest BCUT2D eigenvalue weighted by Crippen LogP contribution is 2.40. The van der Waals surface area contributed by atoms with Gasteiger partial charge in [0.15, 0.2) is 24.5 Å². The molecule has 17 nitrogen and oxygen atoms in total. The van der Waals surface area contributed by atoms with Crippen LogP contribution in [0.25, 0.3) is 0 Å². The third-order valence-corrected chi connectivity index (χ3v) is 10.9. The van der Waals surface area contributed by atoms with Crippen molar-refractivity contribution < 1.29 is 66.5 Å². The van der Waals surface area contributed by atoms with E-state index in [-0.39, 0.29) is 32.1 Å². The number of carbonyl (C=O) groups is 4. The van der Waals surface area contributed by atoms with Crippen molar-refractivity contribution in [3.8, 4) is 0 Å². The molecule has 0 spiro atoms. The van der Waals surface area contributed by atoms with E-state index in [9.17, 15) is 19.2 Å². The van der Waals surface area contributed by atoms with Crippen LogP contribution in [0.1, 0.15) is 68.0 Å². The Bertz CT molecular complexity index is 2340. The number of hydrogen-bond donors (Lipinski definition) is 0. The fourth-order valence-electron chi connectivity index (χ4n) is 7.99. The lowest BCUT2D eigenvalue weighted by Gasteiger charge is -2.46. The lowest BCUT2D eigenvalue weighted by Crippen LogP contribution is -2.60. The summed E-state index contributed by atoms with van der Waals surface area (Å²) in [5.74, 6) is -2.94. The van der Waals surface area contributed by atoms with Crippen molar-refractivity contribution in [1.29, 1.82) is 0 Å². The monoisotopic (exact) mass is 921 g/mol. The van der Waals surface area contributed by atoms with Crippen LogP contribution in [0.5, 0.6) is 0 Å². The van der Waals surface area contributed by atoms with Gasteiger partial charge in [-0.3, -0.25) is 19.2 Å². The summed E-state index contributed by atoms with van der Waals surface area (Å²) in [5.41, 5.74) is 3.96. The smallest absolute Gasteiger partial charge is 0.303 e. The lowest BCUT2D eigenvalue weighted by molar-refractivity contribution is -0.276. The highest BCUT2D eigenvalue weighted by molar-refractivity contribution is 5.68. The molecule has 1 aromatic heterocycles. The molecule has 4 aromatic carbocycles. The quantitative estimate of drug-likeness (QED) is 0.0657. The summed E-state index contributed by atoms with van der Waals surface area (Å²) in [6, 6.07) is 38.9. The molecule has 0 N–H and O–H groups in total. The second-order valence-electron chi connectivity index (χ2n) is 16.1. The molecule has 10 atom stereocenters. The summed E-state index contributed by atoms with van der Waals surface area (Å²) in [4.78, 5) is 49.7. The summed E-state index contributed by atoms with van der Waals surface area (Å²) in [6.45, 7) is 5.19. The van der Waals surface area contributed by atoms with Gasteiger partial charge in [-0.25, -0.2) is 4.68 Å². The zero-order chi connectivity index (χ0) is 47.1. The van der Waals surface area contributed by atoms with Crippen molar-refractivity contribution in [2.24, 2.45) is 0 Å². The second-order valence-corrected chi connectivity index (χ2v) is 16.1. The van der Waals surface area contributed by atoms with Gasteiger partial charge >= 0.3 is 23.9 Å². The highest BCUT2D eigenvalue weighted by Gasteiger charge is 2.54. The number of esters is 4. The van der Waals surface area contributed by atoms with Crippen molar-refractivity contribution in [2.45, 2.75) is 115 Å². The Morgan fingerprint density at radius 3 is 1.45 bits per heavy atom. The fourth-order valence-corrected chi connectivity index (χ4v) is 7.99. The number of nitrogens with zero attached hydrogens (tertiary/aromatic N) is 3. The summed E-state index contributed by atoms with van der Waals surface area (Å²) in [7, 11) is 0. The number of hydrogen-bond acceptors (Lipinski definition) is 16. The Balaban J connectivity index is 1.29. The first-order chi connectivity index (χ1) is 32.5. The molecule has 3 heterocycles. The first kappa shape index (κ1) is 48.6. The van der Waals surface area contributed by atoms with Crippen LogP contribution < -0.4 is 0 Å². The van der Waals surface area contributed by atoms with Gasteiger partial charge in [0.05, 0.1) is 39.2 Å². The van der Waals surface area contributed by atoms with E-state index < -0.39 is 91.6 Å². The van der Waals surface area contributed by atoms with Crippen LogP contribution in [-0.4, -0.2) is 101 Å². The molecule has 354 valence electrons. The van der Waals surface area contributed by atoms with Gasteiger partial charge in [0.1, 0.15) is 48.9 Å². The van der Waals surface area contributed by atoms with Crippen LogP contribution in [0.4, 0.5) is 0 Å². The topological polar surface area (TPSA) is 191 Å². The Labute approximate surface area is 388 Å². The van der Waals surface area contributed by atoms with Gasteiger partial charge in [-0.15, -0.1) is 5.10 Å². The van der Waals surface area contributed by atoms with E-state index in [1.54, 1.807) is 0 Å². The summed E-state index contributed by atoms with van der Waals surface area (Å²) in [6.07, 6.45) is -9.49. The maximum atomic E-state index is 12.7. The van der Waals surface area contributed by atoms with Gasteiger partial charge in [-0.1, -0.05) is 127 Å². The molecular weight excluding hydrogens is 867 g/mol. The minimum atomic E-state index is -1.44. The van der Waals surface area contributed by atoms with Gasteiger partial charge in [0, 0.05) is 27.7 Å². The van der Waals surface area contributed by atoms with Gasteiger partial charge in [0.2, 0.25) is 0 Å². The molecule has 5 aromatic rings. The summed E-state index contributed by atoms with van der Waals surface area (Å²) < 4.78 is 63.9. The van der Waals surface area contributed by atoms with Crippen LogP contribution in [0.15, 0.2) is 128 Å². The van der Waals surface area contributed by atoms with E-state index in [0.717, 1.165) is 43.0 Å². The molecule has 7 rings (SSSR count). The highest BCUT2D eigenvalue weighted by atomic mass is 16.7. The molecular formula is C50H55N3O14. The van der Waals surface area contributed by atoms with Crippen molar-refractivity contribution in [3.63, 3.8) is 0 Å². The molecule has 0 aliphatic carbocycles. The molecule has 0 amide bonds. The zero-order valence-electron chi connectivity index (χ0n) is 37.7. The lowest BCUT2D eigenvalue weighted by atomic mass is 9.92. The van der Waals surface area contributed by atoms with Gasteiger partial charge in [-0.2, -0.15) is 0 Å². The summed E-state index contributed by atoms with van der Waals surface area (Å²) >= 11 is 0. The van der Waals surface area contributed by atoms with Crippen LogP contribution in [0, 0.1) is 0 Å². The zero-order valence-corrected chi connectivity index (χ0v) is 37.7. The van der Waals surface area contributed by atoms with E-state index in [2.05, 4.69) is 10.3 Å². The first-order valence-corrected chi connectivity index (χ1v) is 22.0. The standard InChI is InChI=1S/C50H55N3O14/c1-32(54)59-31-42-45(63-33(2)55)48(64-34(3)56)49(65-35(4)57)50(67-42)53-25-40(51-52-53)43-46(61-28-38-21-13-7-14-22-38)47(62-29-39-23-15-8-16-24-39)44(60-27-37-19-11-6-12-20-37)41(66-43)30-58-26-36-17-9-5-10-18-36/h5-25,41-50H,26-31H2,1-4H3/t41-,42-,43-,44-,45-,46-,47+,48+,49+,50+/m1/s1. The van der Waals surface area contributed by atoms with Crippen molar-refractivity contribution in [3.05, 3.63) is 155 Å². The minimum Gasteiger partial charge on any atom is -0.463 e. The number of carbonyl (C=O) groups excluding carboxylic acids is 4. The van der Waals surface area contributed by atoms with E-state index in [4.69, 9.17) is 47.4 Å². The van der Waals surface area contributed by atoms with Crippen molar-refractivity contribution in [2.75, 3.05) is 13.2 Å². The van der Waals surface area contributed by atoms with E-state index >= 15 is 0 Å². The van der Waals surface area contributed by atoms with Gasteiger partial charge < -0.3 is 47.4 Å². The molecule has 0 bridgehead atoms. The van der Waals surface area contributed by atoms with Crippen LogP contribution in [0.3, 0.4) is 0 Å². The molecule has 0 unspecified atom stereocenters. The first-order valence-electron chi connectivity index (χ1n) is 22.0. The average Bonchev–Trinajstić information content (AvgIpc) is 3.81. The molecule has 0 saturated carbocycles. The molecule has 2 aliphatic heterocycles. The predicted molar refractivity (Wildman–Crippen MR) is 236 cm³/mol. The van der Waals surface area contributed by atoms with Crippen LogP contribution in [-0.2, 0) is 93.0 Å². The molecule has 0 radical (unpaired) electrons. The molecule has 17 heteroatoms. The molecule has 2 fully saturated rings. The fraction of sp³-hybridized carbons (Fsp3) is 0.400. The van der Waals surface area contributed by atoms with E-state index in [1.165, 1.54) is 17.8 Å². The molecule has 67 heavy (non-hydrogen) atoms. The molecule has 2 aliphatic rings. The third kappa shape index (κ3) is 13.6. The third-order valence-electron chi connectivity index (χ3n) is 10.9. The predicted octanol–water partition coefficient (Wildman–Crippen LogP) is 5.95. The number of ether oxygens (including phenoxy) is 10. The van der Waals surface area contributed by atoms with Crippen LogP contribution in [0.2, 0.25) is 0 Å². The van der Waals surface area contributed by atoms with Crippen molar-refractivity contribution >= 4 is 23.9 Å². The van der Waals surface area contributed by atoms with Crippen molar-refractivity contribution in [1.82, 2.24) is 15.0 Å². The van der Waals surface area contributed by atoms with Gasteiger partial charge in [0.25, 0.3) is 0 Å². The Kier molecular flexibility index (Phi) is 17.3. The normalized spacial score (nSPS) is 24.8. The summed E-state index contributed by atoms with van der Waals surface area (Å²) in [5, 5.41) is 9.04. The maximum Gasteiger partial charge on any atom is 0.303 e. The average molecular weight is 922 g/mol. The maximum absolute atomic E-state index is 12.7. The minimum absolute atomic E-state index is 0.0787. The molecule has 2 saturated heterocycles. The number of benzene rings is 4. The Hall–Kier alpha value is -6.34.